The van der Waals surface area contributed by atoms with Crippen molar-refractivity contribution in [2.45, 2.75) is 77.3 Å². The highest BCUT2D eigenvalue weighted by atomic mass is 16.7. The van der Waals surface area contributed by atoms with Gasteiger partial charge in [-0.2, -0.15) is 0 Å². The Morgan fingerprint density at radius 1 is 1.12 bits per heavy atom. The molecule has 0 bridgehead atoms. The van der Waals surface area contributed by atoms with Crippen molar-refractivity contribution in [1.82, 2.24) is 0 Å². The van der Waals surface area contributed by atoms with Gasteiger partial charge in [0.1, 0.15) is 0 Å². The van der Waals surface area contributed by atoms with Gasteiger partial charge in [-0.1, -0.05) is 37.3 Å². The molecule has 1 aliphatic rings. The summed E-state index contributed by atoms with van der Waals surface area (Å²) >= 11 is 0. The fourth-order valence-corrected chi connectivity index (χ4v) is 3.03. The van der Waals surface area contributed by atoms with Crippen LogP contribution in [0.4, 0.5) is 0 Å². The summed E-state index contributed by atoms with van der Waals surface area (Å²) in [5.41, 5.74) is 0.412. The molecule has 1 atom stereocenters. The second kappa shape index (κ2) is 7.51. The number of benzene rings is 1. The van der Waals surface area contributed by atoms with Crippen LogP contribution in [0.5, 0.6) is 0 Å². The molecule has 1 aliphatic heterocycles. The minimum atomic E-state index is -0.451. The molecule has 2 rings (SSSR count). The Morgan fingerprint density at radius 3 is 2.20 bits per heavy atom. The van der Waals surface area contributed by atoms with Crippen LogP contribution in [-0.4, -0.2) is 30.9 Å². The van der Waals surface area contributed by atoms with E-state index in [9.17, 15) is 4.79 Å². The Bertz CT molecular complexity index is 569. The quantitative estimate of drug-likeness (QED) is 0.541. The first-order valence-corrected chi connectivity index (χ1v) is 9.15. The standard InChI is InChI=1S/C20H31BO4/c1-7-23-17(22)15-20(6,14-13-16-11-9-8-10-12-16)21-24-18(2,3)19(4,5)25-21/h8-12H,7,13-15H2,1-6H3/t20-/m0/s1. The number of carbonyl (C=O) groups is 1. The van der Waals surface area contributed by atoms with Crippen LogP contribution < -0.4 is 0 Å². The molecule has 0 aromatic heterocycles. The largest absolute Gasteiger partial charge is 0.466 e. The molecule has 0 unspecified atom stereocenters. The Hall–Kier alpha value is -1.33. The zero-order valence-corrected chi connectivity index (χ0v) is 16.4. The Kier molecular flexibility index (Phi) is 6.00. The van der Waals surface area contributed by atoms with Crippen molar-refractivity contribution >= 4 is 13.1 Å². The Balaban J connectivity index is 2.18. The predicted octanol–water partition coefficient (Wildman–Crippen LogP) is 4.42. The van der Waals surface area contributed by atoms with Crippen molar-refractivity contribution in [3.05, 3.63) is 35.9 Å². The molecular formula is C20H31BO4. The predicted molar refractivity (Wildman–Crippen MR) is 100 cm³/mol. The molecule has 4 nitrogen and oxygen atoms in total. The maximum Gasteiger partial charge on any atom is 0.464 e. The molecule has 1 aromatic rings. The Morgan fingerprint density at radius 2 is 1.68 bits per heavy atom. The van der Waals surface area contributed by atoms with Gasteiger partial charge in [-0.15, -0.1) is 0 Å². The lowest BCUT2D eigenvalue weighted by Crippen LogP contribution is -2.41. The molecule has 0 amide bonds. The highest BCUT2D eigenvalue weighted by Crippen LogP contribution is 2.49. The van der Waals surface area contributed by atoms with Crippen LogP contribution in [0.3, 0.4) is 0 Å². The smallest absolute Gasteiger partial charge is 0.464 e. The summed E-state index contributed by atoms with van der Waals surface area (Å²) in [6.07, 6.45) is 1.93. The molecule has 1 saturated heterocycles. The maximum absolute atomic E-state index is 12.2. The van der Waals surface area contributed by atoms with Gasteiger partial charge in [0.25, 0.3) is 0 Å². The van der Waals surface area contributed by atoms with Crippen LogP contribution in [0.1, 0.15) is 59.9 Å². The van der Waals surface area contributed by atoms with E-state index in [1.807, 2.05) is 52.8 Å². The van der Waals surface area contributed by atoms with Crippen molar-refractivity contribution < 1.29 is 18.8 Å². The van der Waals surface area contributed by atoms with Gasteiger partial charge in [-0.25, -0.2) is 0 Å². The first kappa shape index (κ1) is 20.0. The number of rotatable bonds is 7. The van der Waals surface area contributed by atoms with Crippen LogP contribution in [0.15, 0.2) is 30.3 Å². The molecule has 25 heavy (non-hydrogen) atoms. The maximum atomic E-state index is 12.2. The first-order chi connectivity index (χ1) is 11.6. The van der Waals surface area contributed by atoms with Gasteiger partial charge in [-0.05, 0) is 53.0 Å². The first-order valence-electron chi connectivity index (χ1n) is 9.15. The highest BCUT2D eigenvalue weighted by molar-refractivity contribution is 6.50. The second-order valence-electron chi connectivity index (χ2n) is 8.21. The van der Waals surface area contributed by atoms with Crippen LogP contribution in [0.25, 0.3) is 0 Å². The molecule has 5 heteroatoms. The summed E-state index contributed by atoms with van der Waals surface area (Å²) < 4.78 is 17.7. The average molecular weight is 346 g/mol. The topological polar surface area (TPSA) is 44.8 Å². The van der Waals surface area contributed by atoms with Crippen molar-refractivity contribution in [3.8, 4) is 0 Å². The third kappa shape index (κ3) is 4.65. The van der Waals surface area contributed by atoms with E-state index in [4.69, 9.17) is 14.0 Å². The number of hydrogen-bond donors (Lipinski definition) is 0. The lowest BCUT2D eigenvalue weighted by molar-refractivity contribution is -0.144. The van der Waals surface area contributed by atoms with Crippen LogP contribution in [0, 0.1) is 0 Å². The molecular weight excluding hydrogens is 315 g/mol. The second-order valence-corrected chi connectivity index (χ2v) is 8.21. The van der Waals surface area contributed by atoms with Crippen LogP contribution in [-0.2, 0) is 25.3 Å². The summed E-state index contributed by atoms with van der Waals surface area (Å²) in [6, 6.07) is 10.3. The molecule has 0 saturated carbocycles. The van der Waals surface area contributed by atoms with E-state index in [-0.39, 0.29) is 12.4 Å². The summed E-state index contributed by atoms with van der Waals surface area (Å²) in [7, 11) is -0.439. The molecule has 138 valence electrons. The van der Waals surface area contributed by atoms with Gasteiger partial charge in [0.15, 0.2) is 0 Å². The average Bonchev–Trinajstić information content (AvgIpc) is 2.75. The fraction of sp³-hybridized carbons (Fsp3) is 0.650. The van der Waals surface area contributed by atoms with E-state index in [0.29, 0.717) is 6.61 Å². The van der Waals surface area contributed by atoms with Gasteiger partial charge >= 0.3 is 13.1 Å². The monoisotopic (exact) mass is 346 g/mol. The molecule has 1 aromatic carbocycles. The van der Waals surface area contributed by atoms with E-state index in [0.717, 1.165) is 12.8 Å². The summed E-state index contributed by atoms with van der Waals surface area (Å²) in [4.78, 5) is 12.2. The zero-order valence-electron chi connectivity index (χ0n) is 16.4. The minimum Gasteiger partial charge on any atom is -0.466 e. The van der Waals surface area contributed by atoms with E-state index >= 15 is 0 Å². The molecule has 1 fully saturated rings. The van der Waals surface area contributed by atoms with Gasteiger partial charge in [0.2, 0.25) is 0 Å². The number of hydrogen-bond acceptors (Lipinski definition) is 4. The minimum absolute atomic E-state index is 0.201. The zero-order chi connectivity index (χ0) is 18.7. The molecule has 0 spiro atoms. The van der Waals surface area contributed by atoms with E-state index in [1.54, 1.807) is 0 Å². The van der Waals surface area contributed by atoms with Crippen LogP contribution >= 0.6 is 0 Å². The molecule has 1 heterocycles. The van der Waals surface area contributed by atoms with Crippen molar-refractivity contribution in [3.63, 3.8) is 0 Å². The van der Waals surface area contributed by atoms with E-state index in [2.05, 4.69) is 19.1 Å². The van der Waals surface area contributed by atoms with Crippen molar-refractivity contribution in [1.29, 1.82) is 0 Å². The molecule has 0 aliphatic carbocycles. The number of aryl methyl sites for hydroxylation is 1. The van der Waals surface area contributed by atoms with Crippen molar-refractivity contribution in [2.75, 3.05) is 6.61 Å². The Labute approximate surface area is 152 Å². The lowest BCUT2D eigenvalue weighted by atomic mass is 9.54. The molecule has 0 N–H and O–H groups in total. The number of esters is 1. The van der Waals surface area contributed by atoms with Crippen LogP contribution in [0.2, 0.25) is 5.31 Å². The third-order valence-corrected chi connectivity index (χ3v) is 5.50. The van der Waals surface area contributed by atoms with Gasteiger partial charge in [0, 0.05) is 11.7 Å². The van der Waals surface area contributed by atoms with Gasteiger partial charge < -0.3 is 14.0 Å². The highest BCUT2D eigenvalue weighted by Gasteiger charge is 2.58. The number of ether oxygens (including phenoxy) is 1. The summed E-state index contributed by atoms with van der Waals surface area (Å²) in [5, 5.41) is -0.451. The third-order valence-electron chi connectivity index (χ3n) is 5.50. The van der Waals surface area contributed by atoms with Crippen molar-refractivity contribution in [2.24, 2.45) is 0 Å². The summed E-state index contributed by atoms with van der Waals surface area (Å²) in [6.45, 7) is 12.4. The SMILES string of the molecule is CCOC(=O)C[C@](C)(CCc1ccccc1)B1OC(C)(C)C(C)(C)O1. The van der Waals surface area contributed by atoms with E-state index in [1.165, 1.54) is 5.56 Å². The van der Waals surface area contributed by atoms with E-state index < -0.39 is 23.6 Å². The fourth-order valence-electron chi connectivity index (χ4n) is 3.03. The van der Waals surface area contributed by atoms with Gasteiger partial charge in [0.05, 0.1) is 17.8 Å². The molecule has 0 radical (unpaired) electrons. The summed E-state index contributed by atoms with van der Waals surface area (Å²) in [5.74, 6) is -0.201. The normalized spacial score (nSPS) is 21.0. The number of carbonyl (C=O) groups excluding carboxylic acids is 1. The lowest BCUT2D eigenvalue weighted by Gasteiger charge is -2.32. The van der Waals surface area contributed by atoms with Gasteiger partial charge in [-0.3, -0.25) is 4.79 Å².